The Labute approximate surface area is 173 Å². The van der Waals surface area contributed by atoms with Crippen LogP contribution < -0.4 is 9.64 Å². The van der Waals surface area contributed by atoms with E-state index in [1.54, 1.807) is 0 Å². The van der Waals surface area contributed by atoms with Crippen LogP contribution in [0.1, 0.15) is 31.7 Å². The summed E-state index contributed by atoms with van der Waals surface area (Å²) < 4.78 is 12.0. The molecule has 2 aromatic rings. The first kappa shape index (κ1) is 19.9. The Bertz CT molecular complexity index is 826. The largest absolute Gasteiger partial charge is 0.494 e. The van der Waals surface area contributed by atoms with Gasteiger partial charge < -0.3 is 14.4 Å². The van der Waals surface area contributed by atoms with E-state index in [4.69, 9.17) is 9.47 Å². The van der Waals surface area contributed by atoms with Gasteiger partial charge in [-0.1, -0.05) is 36.4 Å². The van der Waals surface area contributed by atoms with Gasteiger partial charge in [-0.3, -0.25) is 9.69 Å². The average molecular weight is 395 g/mol. The van der Waals surface area contributed by atoms with E-state index in [0.29, 0.717) is 19.8 Å². The van der Waals surface area contributed by atoms with E-state index in [1.807, 2.05) is 60.4 Å². The van der Waals surface area contributed by atoms with Crippen molar-refractivity contribution < 1.29 is 14.3 Å². The molecule has 0 bridgehead atoms. The molecule has 29 heavy (non-hydrogen) atoms. The van der Waals surface area contributed by atoms with Gasteiger partial charge in [0, 0.05) is 37.4 Å². The third kappa shape index (κ3) is 4.31. The summed E-state index contributed by atoms with van der Waals surface area (Å²) in [6.45, 7) is 6.18. The fraction of sp³-hybridized carbons (Fsp3) is 0.458. The summed E-state index contributed by atoms with van der Waals surface area (Å²) in [6.07, 6.45) is 2.77. The van der Waals surface area contributed by atoms with Crippen LogP contribution in [0.15, 0.2) is 54.6 Å². The number of amides is 1. The molecule has 0 aliphatic carbocycles. The molecule has 1 unspecified atom stereocenters. The van der Waals surface area contributed by atoms with Gasteiger partial charge in [-0.15, -0.1) is 0 Å². The van der Waals surface area contributed by atoms with E-state index in [2.05, 4.69) is 11.0 Å². The van der Waals surface area contributed by atoms with Crippen molar-refractivity contribution in [3.05, 3.63) is 60.2 Å². The minimum absolute atomic E-state index is 0.101. The molecule has 154 valence electrons. The number of carbonyl (C=O) groups excluding carboxylic acids is 1. The van der Waals surface area contributed by atoms with Crippen molar-refractivity contribution in [1.82, 2.24) is 4.90 Å². The first-order chi connectivity index (χ1) is 14.2. The van der Waals surface area contributed by atoms with Crippen LogP contribution in [-0.2, 0) is 16.1 Å². The molecular weight excluding hydrogens is 364 g/mol. The van der Waals surface area contributed by atoms with Crippen LogP contribution >= 0.6 is 0 Å². The molecule has 2 heterocycles. The SMILES string of the molecule is CCOc1ccccc1CN1CCOC2(CCCCN(c3ccccc3)C2=O)C1. The normalized spacial score (nSPS) is 23.2. The minimum atomic E-state index is -0.759. The lowest BCUT2D eigenvalue weighted by Crippen LogP contribution is -2.59. The summed E-state index contributed by atoms with van der Waals surface area (Å²) >= 11 is 0. The second-order valence-electron chi connectivity index (χ2n) is 7.84. The first-order valence-electron chi connectivity index (χ1n) is 10.7. The molecule has 2 aliphatic heterocycles. The molecule has 4 rings (SSSR count). The number of para-hydroxylation sites is 2. The van der Waals surface area contributed by atoms with Crippen molar-refractivity contribution in [3.8, 4) is 5.75 Å². The number of hydrogen-bond acceptors (Lipinski definition) is 4. The second kappa shape index (κ2) is 8.97. The topological polar surface area (TPSA) is 42.0 Å². The van der Waals surface area contributed by atoms with E-state index in [1.165, 1.54) is 0 Å². The standard InChI is InChI=1S/C24H30N2O3/c1-2-28-22-13-7-6-10-20(22)18-25-16-17-29-24(19-25)14-8-9-15-26(23(24)27)21-11-4-3-5-12-21/h3-7,10-13H,2,8-9,14-19H2,1H3. The number of benzene rings is 2. The Hall–Kier alpha value is -2.37. The van der Waals surface area contributed by atoms with Crippen molar-refractivity contribution in [3.63, 3.8) is 0 Å². The van der Waals surface area contributed by atoms with E-state index in [-0.39, 0.29) is 5.91 Å². The summed E-state index contributed by atoms with van der Waals surface area (Å²) in [7, 11) is 0. The van der Waals surface area contributed by atoms with E-state index < -0.39 is 5.60 Å². The molecule has 2 aromatic carbocycles. The number of ether oxygens (including phenoxy) is 2. The van der Waals surface area contributed by atoms with Crippen LogP contribution in [0.25, 0.3) is 0 Å². The third-order valence-corrected chi connectivity index (χ3v) is 5.85. The van der Waals surface area contributed by atoms with Gasteiger partial charge in [-0.25, -0.2) is 0 Å². The van der Waals surface area contributed by atoms with Gasteiger partial charge in [0.1, 0.15) is 5.75 Å². The summed E-state index contributed by atoms with van der Waals surface area (Å²) in [4.78, 5) is 17.9. The summed E-state index contributed by atoms with van der Waals surface area (Å²) in [5.74, 6) is 1.03. The van der Waals surface area contributed by atoms with E-state index in [9.17, 15) is 4.79 Å². The lowest BCUT2D eigenvalue weighted by Gasteiger charge is -2.42. The maximum atomic E-state index is 13.6. The van der Waals surface area contributed by atoms with Crippen molar-refractivity contribution in [2.45, 2.75) is 38.3 Å². The zero-order chi connectivity index (χ0) is 20.1. The minimum Gasteiger partial charge on any atom is -0.494 e. The van der Waals surface area contributed by atoms with Crippen LogP contribution in [0, 0.1) is 0 Å². The molecule has 1 spiro atoms. The zero-order valence-electron chi connectivity index (χ0n) is 17.2. The molecule has 5 heteroatoms. The Morgan fingerprint density at radius 2 is 1.83 bits per heavy atom. The molecule has 2 saturated heterocycles. The lowest BCUT2D eigenvalue weighted by atomic mass is 9.93. The number of nitrogens with zero attached hydrogens (tertiary/aromatic N) is 2. The number of hydrogen-bond donors (Lipinski definition) is 0. The summed E-state index contributed by atoms with van der Waals surface area (Å²) in [6, 6.07) is 18.1. The van der Waals surface area contributed by atoms with Crippen molar-refractivity contribution in [2.24, 2.45) is 0 Å². The predicted molar refractivity (Wildman–Crippen MR) is 114 cm³/mol. The molecular formula is C24H30N2O3. The molecule has 0 aromatic heterocycles. The Balaban J connectivity index is 1.55. The fourth-order valence-corrected chi connectivity index (χ4v) is 4.43. The highest BCUT2D eigenvalue weighted by molar-refractivity contribution is 6.00. The van der Waals surface area contributed by atoms with Gasteiger partial charge in [-0.05, 0) is 44.4 Å². The van der Waals surface area contributed by atoms with Crippen LogP contribution in [0.4, 0.5) is 5.69 Å². The van der Waals surface area contributed by atoms with Crippen LogP contribution in [0.5, 0.6) is 5.75 Å². The van der Waals surface area contributed by atoms with Crippen LogP contribution in [0.3, 0.4) is 0 Å². The van der Waals surface area contributed by atoms with Crippen molar-refractivity contribution >= 4 is 11.6 Å². The van der Waals surface area contributed by atoms with Gasteiger partial charge in [-0.2, -0.15) is 0 Å². The number of rotatable bonds is 5. The van der Waals surface area contributed by atoms with E-state index in [0.717, 1.165) is 55.9 Å². The lowest BCUT2D eigenvalue weighted by molar-refractivity contribution is -0.158. The molecule has 1 atom stereocenters. The monoisotopic (exact) mass is 394 g/mol. The predicted octanol–water partition coefficient (Wildman–Crippen LogP) is 3.87. The van der Waals surface area contributed by atoms with Crippen LogP contribution in [0.2, 0.25) is 0 Å². The highest BCUT2D eigenvalue weighted by Gasteiger charge is 2.47. The molecule has 5 nitrogen and oxygen atoms in total. The summed E-state index contributed by atoms with van der Waals surface area (Å²) in [5, 5.41) is 0. The maximum Gasteiger partial charge on any atom is 0.260 e. The van der Waals surface area contributed by atoms with Crippen molar-refractivity contribution in [1.29, 1.82) is 0 Å². The van der Waals surface area contributed by atoms with E-state index >= 15 is 0 Å². The molecule has 2 aliphatic rings. The molecule has 0 radical (unpaired) electrons. The Morgan fingerprint density at radius 3 is 2.66 bits per heavy atom. The molecule has 2 fully saturated rings. The third-order valence-electron chi connectivity index (χ3n) is 5.85. The van der Waals surface area contributed by atoms with Crippen LogP contribution in [-0.4, -0.2) is 49.3 Å². The van der Waals surface area contributed by atoms with Crippen molar-refractivity contribution in [2.75, 3.05) is 37.7 Å². The molecule has 0 saturated carbocycles. The number of morpholine rings is 1. The highest BCUT2D eigenvalue weighted by Crippen LogP contribution is 2.33. The van der Waals surface area contributed by atoms with Gasteiger partial charge in [0.15, 0.2) is 5.60 Å². The van der Waals surface area contributed by atoms with Gasteiger partial charge in [0.2, 0.25) is 0 Å². The zero-order valence-corrected chi connectivity index (χ0v) is 17.2. The summed E-state index contributed by atoms with van der Waals surface area (Å²) in [5.41, 5.74) is 1.36. The number of carbonyl (C=O) groups is 1. The second-order valence-corrected chi connectivity index (χ2v) is 7.84. The van der Waals surface area contributed by atoms with Gasteiger partial charge >= 0.3 is 0 Å². The van der Waals surface area contributed by atoms with Gasteiger partial charge in [0.05, 0.1) is 13.2 Å². The smallest absolute Gasteiger partial charge is 0.260 e. The quantitative estimate of drug-likeness (QED) is 0.772. The molecule has 0 N–H and O–H groups in total. The average Bonchev–Trinajstić information content (AvgIpc) is 2.90. The Morgan fingerprint density at radius 1 is 1.03 bits per heavy atom. The highest BCUT2D eigenvalue weighted by atomic mass is 16.5. The maximum absolute atomic E-state index is 13.6. The Kier molecular flexibility index (Phi) is 6.16. The fourth-order valence-electron chi connectivity index (χ4n) is 4.43. The first-order valence-corrected chi connectivity index (χ1v) is 10.7. The van der Waals surface area contributed by atoms with Gasteiger partial charge in [0.25, 0.3) is 5.91 Å². The number of anilines is 1. The molecule has 1 amide bonds.